The standard InChI is InChI=1S/C12H8ClN3O2S/c13-12-7-11(5-6-15-12)19(17,18)16-10-3-1-9(8-14)2-4-10/h1-7,16H. The molecule has 5 nitrogen and oxygen atoms in total. The summed E-state index contributed by atoms with van der Waals surface area (Å²) in [6.07, 6.45) is 1.32. The third-order valence-corrected chi connectivity index (χ3v) is 3.86. The minimum Gasteiger partial charge on any atom is -0.280 e. The lowest BCUT2D eigenvalue weighted by molar-refractivity contribution is 0.601. The molecular formula is C12H8ClN3O2S. The predicted octanol–water partition coefficient (Wildman–Crippen LogP) is 2.41. The average Bonchev–Trinajstić information content (AvgIpc) is 2.39. The topological polar surface area (TPSA) is 82.9 Å². The fraction of sp³-hybridized carbons (Fsp3) is 0. The summed E-state index contributed by atoms with van der Waals surface area (Å²) < 4.78 is 26.5. The van der Waals surface area contributed by atoms with Crippen LogP contribution in [-0.2, 0) is 10.0 Å². The molecule has 1 heterocycles. The second kappa shape index (κ2) is 5.26. The van der Waals surface area contributed by atoms with E-state index in [0.29, 0.717) is 11.3 Å². The highest BCUT2D eigenvalue weighted by Gasteiger charge is 2.14. The minimum atomic E-state index is -3.71. The highest BCUT2D eigenvalue weighted by molar-refractivity contribution is 7.92. The van der Waals surface area contributed by atoms with Crippen molar-refractivity contribution in [2.45, 2.75) is 4.90 Å². The monoisotopic (exact) mass is 293 g/mol. The second-order valence-corrected chi connectivity index (χ2v) is 5.68. The molecule has 0 bridgehead atoms. The number of halogens is 1. The zero-order valence-electron chi connectivity index (χ0n) is 9.54. The van der Waals surface area contributed by atoms with Gasteiger partial charge in [-0.15, -0.1) is 0 Å². The lowest BCUT2D eigenvalue weighted by atomic mass is 10.2. The van der Waals surface area contributed by atoms with E-state index in [1.165, 1.54) is 42.6 Å². The van der Waals surface area contributed by atoms with E-state index in [4.69, 9.17) is 16.9 Å². The SMILES string of the molecule is N#Cc1ccc(NS(=O)(=O)c2ccnc(Cl)c2)cc1. The van der Waals surface area contributed by atoms with Crippen molar-refractivity contribution in [2.24, 2.45) is 0 Å². The van der Waals surface area contributed by atoms with Crippen molar-refractivity contribution < 1.29 is 8.42 Å². The first-order chi connectivity index (χ1) is 9.01. The zero-order valence-corrected chi connectivity index (χ0v) is 11.1. The van der Waals surface area contributed by atoms with Gasteiger partial charge < -0.3 is 0 Å². The highest BCUT2D eigenvalue weighted by Crippen LogP contribution is 2.18. The average molecular weight is 294 g/mol. The van der Waals surface area contributed by atoms with Crippen molar-refractivity contribution in [2.75, 3.05) is 4.72 Å². The van der Waals surface area contributed by atoms with Crippen LogP contribution in [0, 0.1) is 11.3 Å². The number of anilines is 1. The summed E-state index contributed by atoms with van der Waals surface area (Å²) in [5.74, 6) is 0. The zero-order chi connectivity index (χ0) is 13.9. The molecule has 0 saturated heterocycles. The van der Waals surface area contributed by atoms with Gasteiger partial charge in [0.25, 0.3) is 10.0 Å². The number of benzene rings is 1. The van der Waals surface area contributed by atoms with Crippen LogP contribution < -0.4 is 4.72 Å². The lowest BCUT2D eigenvalue weighted by Gasteiger charge is -2.07. The molecule has 0 aliphatic heterocycles. The summed E-state index contributed by atoms with van der Waals surface area (Å²) >= 11 is 5.65. The highest BCUT2D eigenvalue weighted by atomic mass is 35.5. The largest absolute Gasteiger partial charge is 0.280 e. The lowest BCUT2D eigenvalue weighted by Crippen LogP contribution is -2.13. The number of nitriles is 1. The third kappa shape index (κ3) is 3.22. The molecule has 0 radical (unpaired) electrons. The van der Waals surface area contributed by atoms with Gasteiger partial charge in [0.2, 0.25) is 0 Å². The summed E-state index contributed by atoms with van der Waals surface area (Å²) in [5.41, 5.74) is 0.821. The third-order valence-electron chi connectivity index (χ3n) is 2.27. The maximum Gasteiger partial charge on any atom is 0.262 e. The molecular weight excluding hydrogens is 286 g/mol. The number of pyridine rings is 1. The van der Waals surface area contributed by atoms with Crippen molar-refractivity contribution in [1.82, 2.24) is 4.98 Å². The number of aromatic nitrogens is 1. The number of nitrogens with one attached hydrogen (secondary N) is 1. The molecule has 96 valence electrons. The van der Waals surface area contributed by atoms with Crippen LogP contribution in [0.5, 0.6) is 0 Å². The van der Waals surface area contributed by atoms with E-state index in [9.17, 15) is 8.42 Å². The first-order valence-corrected chi connectivity index (χ1v) is 7.02. The number of rotatable bonds is 3. The van der Waals surface area contributed by atoms with Crippen LogP contribution in [-0.4, -0.2) is 13.4 Å². The fourth-order valence-corrected chi connectivity index (χ4v) is 2.69. The van der Waals surface area contributed by atoms with E-state index in [-0.39, 0.29) is 10.0 Å². The van der Waals surface area contributed by atoms with Gasteiger partial charge in [0.05, 0.1) is 16.5 Å². The molecule has 0 saturated carbocycles. The Morgan fingerprint density at radius 2 is 1.89 bits per heavy atom. The Bertz CT molecular complexity index is 736. The van der Waals surface area contributed by atoms with Crippen LogP contribution in [0.3, 0.4) is 0 Å². The van der Waals surface area contributed by atoms with Crippen LogP contribution >= 0.6 is 11.6 Å². The van der Waals surface area contributed by atoms with Gasteiger partial charge in [-0.25, -0.2) is 13.4 Å². The van der Waals surface area contributed by atoms with E-state index >= 15 is 0 Å². The van der Waals surface area contributed by atoms with Gasteiger partial charge >= 0.3 is 0 Å². The normalized spacial score (nSPS) is 10.7. The summed E-state index contributed by atoms with van der Waals surface area (Å²) in [4.78, 5) is 3.75. The molecule has 1 N–H and O–H groups in total. The van der Waals surface area contributed by atoms with Crippen LogP contribution in [0.15, 0.2) is 47.5 Å². The summed E-state index contributed by atoms with van der Waals surface area (Å²) in [5, 5.41) is 8.76. The van der Waals surface area contributed by atoms with E-state index in [0.717, 1.165) is 0 Å². The molecule has 19 heavy (non-hydrogen) atoms. The van der Waals surface area contributed by atoms with E-state index in [1.807, 2.05) is 6.07 Å². The van der Waals surface area contributed by atoms with Crippen molar-refractivity contribution in [3.05, 3.63) is 53.3 Å². The molecule has 0 unspecified atom stereocenters. The molecule has 1 aromatic heterocycles. The summed E-state index contributed by atoms with van der Waals surface area (Å²) in [7, 11) is -3.71. The molecule has 0 amide bonds. The van der Waals surface area contributed by atoms with Crippen molar-refractivity contribution in [3.63, 3.8) is 0 Å². The van der Waals surface area contributed by atoms with Gasteiger partial charge in [0.1, 0.15) is 5.15 Å². The fourth-order valence-electron chi connectivity index (χ4n) is 1.38. The van der Waals surface area contributed by atoms with Crippen molar-refractivity contribution >= 4 is 27.3 Å². The molecule has 0 aliphatic carbocycles. The second-order valence-electron chi connectivity index (χ2n) is 3.61. The molecule has 7 heteroatoms. The van der Waals surface area contributed by atoms with E-state index in [2.05, 4.69) is 9.71 Å². The molecule has 2 aromatic rings. The number of hydrogen-bond donors (Lipinski definition) is 1. The molecule has 0 aliphatic rings. The van der Waals surface area contributed by atoms with Gasteiger partial charge in [-0.2, -0.15) is 5.26 Å². The smallest absolute Gasteiger partial charge is 0.262 e. The van der Waals surface area contributed by atoms with E-state index in [1.54, 1.807) is 0 Å². The number of nitrogens with zero attached hydrogens (tertiary/aromatic N) is 2. The van der Waals surface area contributed by atoms with Crippen LogP contribution in [0.25, 0.3) is 0 Å². The van der Waals surface area contributed by atoms with Crippen LogP contribution in [0.1, 0.15) is 5.56 Å². The van der Waals surface area contributed by atoms with Gasteiger partial charge in [0, 0.05) is 11.9 Å². The number of hydrogen-bond acceptors (Lipinski definition) is 4. The Kier molecular flexibility index (Phi) is 3.69. The first kappa shape index (κ1) is 13.3. The van der Waals surface area contributed by atoms with Crippen molar-refractivity contribution in [1.29, 1.82) is 5.26 Å². The predicted molar refractivity (Wildman–Crippen MR) is 71.2 cm³/mol. The molecule has 0 atom stereocenters. The Labute approximate surface area is 115 Å². The van der Waals surface area contributed by atoms with Gasteiger partial charge in [-0.3, -0.25) is 4.72 Å². The Hall–Kier alpha value is -2.10. The van der Waals surface area contributed by atoms with Gasteiger partial charge in [0.15, 0.2) is 0 Å². The molecule has 1 aromatic carbocycles. The minimum absolute atomic E-state index is 0.0249. The molecule has 0 spiro atoms. The first-order valence-electron chi connectivity index (χ1n) is 5.16. The number of sulfonamides is 1. The summed E-state index contributed by atoms with van der Waals surface area (Å²) in [6.45, 7) is 0. The van der Waals surface area contributed by atoms with Gasteiger partial charge in [-0.05, 0) is 36.4 Å². The Morgan fingerprint density at radius 1 is 1.21 bits per heavy atom. The van der Waals surface area contributed by atoms with Crippen LogP contribution in [0.2, 0.25) is 5.15 Å². The maximum atomic E-state index is 12.0. The molecule has 0 fully saturated rings. The Morgan fingerprint density at radius 3 is 2.47 bits per heavy atom. The van der Waals surface area contributed by atoms with Crippen molar-refractivity contribution in [3.8, 4) is 6.07 Å². The van der Waals surface area contributed by atoms with Gasteiger partial charge in [-0.1, -0.05) is 11.6 Å². The van der Waals surface area contributed by atoms with Crippen LogP contribution in [0.4, 0.5) is 5.69 Å². The maximum absolute atomic E-state index is 12.0. The van der Waals surface area contributed by atoms with E-state index < -0.39 is 10.0 Å². The Balaban J connectivity index is 2.28. The summed E-state index contributed by atoms with van der Waals surface area (Å²) in [6, 6.07) is 10.6. The quantitative estimate of drug-likeness (QED) is 0.881. The molecule has 2 rings (SSSR count).